The van der Waals surface area contributed by atoms with Gasteiger partial charge >= 0.3 is 0 Å². The minimum absolute atomic E-state index is 0.219. The van der Waals surface area contributed by atoms with Crippen molar-refractivity contribution in [3.63, 3.8) is 0 Å². The number of aromatic nitrogens is 2. The van der Waals surface area contributed by atoms with Gasteiger partial charge in [0, 0.05) is 23.1 Å². The molecule has 5 heteroatoms. The number of carbonyl (C=O) groups excluding carboxylic acids is 1. The van der Waals surface area contributed by atoms with Gasteiger partial charge in [-0.05, 0) is 55.5 Å². The molecule has 0 aliphatic rings. The minimum Gasteiger partial charge on any atom is -0.322 e. The molecule has 2 aromatic carbocycles. The number of nitrogens with one attached hydrogen (secondary N) is 1. The summed E-state index contributed by atoms with van der Waals surface area (Å²) in [6.45, 7) is 1.97. The summed E-state index contributed by atoms with van der Waals surface area (Å²) in [6, 6.07) is 18.0. The molecule has 1 aromatic heterocycles. The average molecular weight is 302 g/mol. The SMILES string of the molecule is Cc1ccnn1-c1ccc(C(=O)Nc2cccc(C#N)c2)cc1. The standard InChI is InChI=1S/C18H14N4O/c1-13-9-10-20-22(13)17-7-5-15(6-8-17)18(23)21-16-4-2-3-14(11-16)12-19/h2-11H,1H3,(H,21,23). The molecule has 0 aliphatic carbocycles. The molecule has 5 nitrogen and oxygen atoms in total. The molecule has 1 amide bonds. The van der Waals surface area contributed by atoms with Gasteiger partial charge in [0.05, 0.1) is 17.3 Å². The molecule has 0 radical (unpaired) electrons. The largest absolute Gasteiger partial charge is 0.322 e. The fraction of sp³-hybridized carbons (Fsp3) is 0.0556. The molecule has 112 valence electrons. The highest BCUT2D eigenvalue weighted by Gasteiger charge is 2.08. The van der Waals surface area contributed by atoms with Crippen LogP contribution in [0.1, 0.15) is 21.6 Å². The Morgan fingerprint density at radius 3 is 2.61 bits per heavy atom. The van der Waals surface area contributed by atoms with Gasteiger partial charge in [0.15, 0.2) is 0 Å². The van der Waals surface area contributed by atoms with Crippen LogP contribution in [0.15, 0.2) is 60.8 Å². The van der Waals surface area contributed by atoms with E-state index in [9.17, 15) is 4.79 Å². The van der Waals surface area contributed by atoms with Crippen LogP contribution in [0.25, 0.3) is 5.69 Å². The van der Waals surface area contributed by atoms with Crippen molar-refractivity contribution < 1.29 is 4.79 Å². The van der Waals surface area contributed by atoms with E-state index in [1.54, 1.807) is 47.3 Å². The van der Waals surface area contributed by atoms with Crippen LogP contribution in [0.5, 0.6) is 0 Å². The lowest BCUT2D eigenvalue weighted by molar-refractivity contribution is 0.102. The molecule has 3 rings (SSSR count). The van der Waals surface area contributed by atoms with Crippen LogP contribution >= 0.6 is 0 Å². The zero-order valence-corrected chi connectivity index (χ0v) is 12.5. The van der Waals surface area contributed by atoms with E-state index in [2.05, 4.69) is 10.4 Å². The first-order chi connectivity index (χ1) is 11.2. The van der Waals surface area contributed by atoms with E-state index in [1.165, 1.54) is 0 Å². The van der Waals surface area contributed by atoms with Crippen molar-refractivity contribution >= 4 is 11.6 Å². The van der Waals surface area contributed by atoms with E-state index in [4.69, 9.17) is 5.26 Å². The quantitative estimate of drug-likeness (QED) is 0.807. The number of benzene rings is 2. The van der Waals surface area contributed by atoms with Crippen molar-refractivity contribution in [2.45, 2.75) is 6.92 Å². The lowest BCUT2D eigenvalue weighted by Gasteiger charge is -2.07. The Kier molecular flexibility index (Phi) is 3.89. The maximum Gasteiger partial charge on any atom is 0.255 e. The fourth-order valence-electron chi connectivity index (χ4n) is 2.26. The van der Waals surface area contributed by atoms with Crippen LogP contribution in [0, 0.1) is 18.3 Å². The predicted molar refractivity (Wildman–Crippen MR) is 87.4 cm³/mol. The maximum absolute atomic E-state index is 12.3. The Balaban J connectivity index is 1.78. The summed E-state index contributed by atoms with van der Waals surface area (Å²) >= 11 is 0. The Morgan fingerprint density at radius 1 is 1.17 bits per heavy atom. The van der Waals surface area contributed by atoms with Crippen LogP contribution in [0.4, 0.5) is 5.69 Å². The predicted octanol–water partition coefficient (Wildman–Crippen LogP) is 3.30. The minimum atomic E-state index is -0.219. The normalized spacial score (nSPS) is 10.1. The third-order valence-corrected chi connectivity index (χ3v) is 3.46. The number of nitriles is 1. The monoisotopic (exact) mass is 302 g/mol. The van der Waals surface area contributed by atoms with Crippen LogP contribution in [0.3, 0.4) is 0 Å². The van der Waals surface area contributed by atoms with Gasteiger partial charge < -0.3 is 5.32 Å². The van der Waals surface area contributed by atoms with E-state index >= 15 is 0 Å². The summed E-state index contributed by atoms with van der Waals surface area (Å²) in [7, 11) is 0. The van der Waals surface area contributed by atoms with Gasteiger partial charge in [-0.3, -0.25) is 4.79 Å². The Labute approximate surface area is 133 Å². The summed E-state index contributed by atoms with van der Waals surface area (Å²) in [4.78, 5) is 12.3. The molecular formula is C18H14N4O. The van der Waals surface area contributed by atoms with Crippen LogP contribution in [-0.2, 0) is 0 Å². The van der Waals surface area contributed by atoms with E-state index < -0.39 is 0 Å². The van der Waals surface area contributed by atoms with E-state index in [-0.39, 0.29) is 5.91 Å². The highest BCUT2D eigenvalue weighted by Crippen LogP contribution is 2.14. The zero-order valence-electron chi connectivity index (χ0n) is 12.5. The second-order valence-electron chi connectivity index (χ2n) is 5.08. The Hall–Kier alpha value is -3.39. The van der Waals surface area contributed by atoms with Gasteiger partial charge in [0.1, 0.15) is 0 Å². The first kappa shape index (κ1) is 14.5. The number of anilines is 1. The molecule has 0 saturated carbocycles. The van der Waals surface area contributed by atoms with E-state index in [0.717, 1.165) is 11.4 Å². The number of nitrogens with zero attached hydrogens (tertiary/aromatic N) is 3. The second-order valence-corrected chi connectivity index (χ2v) is 5.08. The van der Waals surface area contributed by atoms with Crippen molar-refractivity contribution in [1.82, 2.24) is 9.78 Å². The first-order valence-corrected chi connectivity index (χ1v) is 7.10. The Morgan fingerprint density at radius 2 is 1.96 bits per heavy atom. The smallest absolute Gasteiger partial charge is 0.255 e. The highest BCUT2D eigenvalue weighted by atomic mass is 16.1. The molecule has 23 heavy (non-hydrogen) atoms. The molecule has 0 atom stereocenters. The zero-order chi connectivity index (χ0) is 16.2. The molecule has 0 aliphatic heterocycles. The molecule has 0 bridgehead atoms. The van der Waals surface area contributed by atoms with Crippen LogP contribution in [0.2, 0.25) is 0 Å². The number of rotatable bonds is 3. The van der Waals surface area contributed by atoms with E-state index in [0.29, 0.717) is 16.8 Å². The lowest BCUT2D eigenvalue weighted by Crippen LogP contribution is -2.12. The highest BCUT2D eigenvalue weighted by molar-refractivity contribution is 6.04. The molecule has 0 unspecified atom stereocenters. The molecular weight excluding hydrogens is 288 g/mol. The van der Waals surface area contributed by atoms with E-state index in [1.807, 2.05) is 31.2 Å². The van der Waals surface area contributed by atoms with Gasteiger partial charge in [0.2, 0.25) is 0 Å². The number of hydrogen-bond donors (Lipinski definition) is 1. The summed E-state index contributed by atoms with van der Waals surface area (Å²) in [5.74, 6) is -0.219. The average Bonchev–Trinajstić information content (AvgIpc) is 3.01. The van der Waals surface area contributed by atoms with Gasteiger partial charge in [-0.25, -0.2) is 4.68 Å². The van der Waals surface area contributed by atoms with Crippen molar-refractivity contribution in [3.05, 3.63) is 77.6 Å². The first-order valence-electron chi connectivity index (χ1n) is 7.10. The van der Waals surface area contributed by atoms with Gasteiger partial charge in [-0.15, -0.1) is 0 Å². The topological polar surface area (TPSA) is 70.7 Å². The molecule has 0 spiro atoms. The van der Waals surface area contributed by atoms with Crippen molar-refractivity contribution in [1.29, 1.82) is 5.26 Å². The molecule has 3 aromatic rings. The molecule has 0 saturated heterocycles. The molecule has 1 N–H and O–H groups in total. The van der Waals surface area contributed by atoms with Crippen LogP contribution < -0.4 is 5.32 Å². The van der Waals surface area contributed by atoms with Gasteiger partial charge in [-0.2, -0.15) is 10.4 Å². The third-order valence-electron chi connectivity index (χ3n) is 3.46. The summed E-state index contributed by atoms with van der Waals surface area (Å²) < 4.78 is 1.80. The number of hydrogen-bond acceptors (Lipinski definition) is 3. The molecule has 1 heterocycles. The summed E-state index contributed by atoms with van der Waals surface area (Å²) in [6.07, 6.45) is 1.73. The summed E-state index contributed by atoms with van der Waals surface area (Å²) in [5.41, 5.74) is 3.57. The Bertz CT molecular complexity index is 888. The van der Waals surface area contributed by atoms with Crippen molar-refractivity contribution in [2.24, 2.45) is 0 Å². The fourth-order valence-corrected chi connectivity index (χ4v) is 2.26. The van der Waals surface area contributed by atoms with Crippen LogP contribution in [-0.4, -0.2) is 15.7 Å². The number of amides is 1. The van der Waals surface area contributed by atoms with Gasteiger partial charge in [-0.1, -0.05) is 6.07 Å². The number of aryl methyl sites for hydroxylation is 1. The second kappa shape index (κ2) is 6.16. The molecule has 0 fully saturated rings. The van der Waals surface area contributed by atoms with Crippen molar-refractivity contribution in [2.75, 3.05) is 5.32 Å². The lowest BCUT2D eigenvalue weighted by atomic mass is 10.1. The summed E-state index contributed by atoms with van der Waals surface area (Å²) in [5, 5.41) is 15.9. The van der Waals surface area contributed by atoms with Gasteiger partial charge in [0.25, 0.3) is 5.91 Å². The third kappa shape index (κ3) is 3.11. The maximum atomic E-state index is 12.3. The number of carbonyl (C=O) groups is 1. The van der Waals surface area contributed by atoms with Crippen molar-refractivity contribution in [3.8, 4) is 11.8 Å².